The topological polar surface area (TPSA) is 79.9 Å². The van der Waals surface area contributed by atoms with Crippen LogP contribution in [0.4, 0.5) is 0 Å². The largest absolute Gasteiger partial charge is 0.493 e. The van der Waals surface area contributed by atoms with Gasteiger partial charge < -0.3 is 15.0 Å². The normalized spacial score (nSPS) is 10.6. The van der Waals surface area contributed by atoms with Crippen LogP contribution < -0.4 is 10.1 Å². The van der Waals surface area contributed by atoms with Crippen molar-refractivity contribution in [2.45, 2.75) is 0 Å². The van der Waals surface area contributed by atoms with Gasteiger partial charge in [0, 0.05) is 13.2 Å². The van der Waals surface area contributed by atoms with Crippen LogP contribution in [0, 0.1) is 0 Å². The van der Waals surface area contributed by atoms with Gasteiger partial charge in [-0.3, -0.25) is 4.79 Å². The fourth-order valence-electron chi connectivity index (χ4n) is 2.20. The zero-order valence-electron chi connectivity index (χ0n) is 11.7. The molecule has 1 amide bonds. The van der Waals surface area contributed by atoms with E-state index >= 15 is 0 Å². The lowest BCUT2D eigenvalue weighted by atomic mass is 10.2. The molecule has 2 aromatic heterocycles. The van der Waals surface area contributed by atoms with Gasteiger partial charge in [0.05, 0.1) is 23.7 Å². The van der Waals surface area contributed by atoms with Crippen LogP contribution in [0.1, 0.15) is 10.5 Å². The molecule has 0 fully saturated rings. The van der Waals surface area contributed by atoms with Crippen LogP contribution in [0.25, 0.3) is 22.4 Å². The maximum Gasteiger partial charge on any atom is 0.273 e. The van der Waals surface area contributed by atoms with Crippen molar-refractivity contribution in [3.63, 3.8) is 0 Å². The molecule has 0 saturated heterocycles. The Balaban J connectivity index is 2.19. The van der Waals surface area contributed by atoms with Gasteiger partial charge in [-0.2, -0.15) is 0 Å². The summed E-state index contributed by atoms with van der Waals surface area (Å²) in [5.74, 6) is 0.737. The van der Waals surface area contributed by atoms with Gasteiger partial charge in [-0.1, -0.05) is 12.1 Å². The summed E-state index contributed by atoms with van der Waals surface area (Å²) < 4.78 is 5.37. The van der Waals surface area contributed by atoms with Crippen molar-refractivity contribution in [2.24, 2.45) is 0 Å². The fourth-order valence-corrected chi connectivity index (χ4v) is 2.20. The Labute approximate surface area is 121 Å². The number of imidazole rings is 1. The van der Waals surface area contributed by atoms with Crippen molar-refractivity contribution in [1.82, 2.24) is 20.3 Å². The summed E-state index contributed by atoms with van der Waals surface area (Å²) in [6, 6.07) is 9.49. The van der Waals surface area contributed by atoms with Crippen LogP contribution in [-0.4, -0.2) is 35.0 Å². The molecule has 0 aliphatic heterocycles. The van der Waals surface area contributed by atoms with E-state index in [4.69, 9.17) is 4.74 Å². The minimum Gasteiger partial charge on any atom is -0.493 e. The number of para-hydroxylation sites is 2. The lowest BCUT2D eigenvalue weighted by Gasteiger charge is -2.09. The van der Waals surface area contributed by atoms with Crippen LogP contribution in [0.3, 0.4) is 0 Å². The summed E-state index contributed by atoms with van der Waals surface area (Å²) in [5, 5.41) is 2.55. The molecule has 0 aliphatic carbocycles. The molecule has 21 heavy (non-hydrogen) atoms. The summed E-state index contributed by atoms with van der Waals surface area (Å²) in [4.78, 5) is 23.7. The third-order valence-electron chi connectivity index (χ3n) is 3.20. The summed E-state index contributed by atoms with van der Waals surface area (Å²) in [7, 11) is 3.06. The smallest absolute Gasteiger partial charge is 0.273 e. The number of H-pyrrole nitrogens is 1. The van der Waals surface area contributed by atoms with E-state index in [9.17, 15) is 4.79 Å². The molecule has 106 valence electrons. The highest BCUT2D eigenvalue weighted by Gasteiger charge is 2.19. The predicted molar refractivity (Wildman–Crippen MR) is 79.3 cm³/mol. The van der Waals surface area contributed by atoms with Gasteiger partial charge in [-0.15, -0.1) is 0 Å². The fraction of sp³-hybridized carbons (Fsp3) is 0.133. The first-order valence-electron chi connectivity index (χ1n) is 6.44. The Morgan fingerprint density at radius 1 is 1.29 bits per heavy atom. The number of benzene rings is 1. The van der Waals surface area contributed by atoms with Gasteiger partial charge in [0.25, 0.3) is 5.91 Å². The first kappa shape index (κ1) is 13.1. The Morgan fingerprint density at radius 3 is 2.81 bits per heavy atom. The van der Waals surface area contributed by atoms with E-state index in [2.05, 4.69) is 20.3 Å². The average molecular weight is 282 g/mol. The Morgan fingerprint density at radius 2 is 2.10 bits per heavy atom. The number of nitrogens with one attached hydrogen (secondary N) is 2. The molecule has 2 heterocycles. The highest BCUT2D eigenvalue weighted by atomic mass is 16.5. The summed E-state index contributed by atoms with van der Waals surface area (Å²) in [6.45, 7) is 0. The molecular formula is C15H14N4O2. The standard InChI is InChI=1S/C15H14N4O2/c1-16-15(20)12-13(21-2)9(7-8-17-12)14-18-10-5-3-4-6-11(10)19-14/h3-8H,1-2H3,(H,16,20)(H,18,19). The SMILES string of the molecule is CNC(=O)c1nccc(-c2nc3ccccc3[nH]2)c1OC. The lowest BCUT2D eigenvalue weighted by molar-refractivity contribution is 0.0955. The van der Waals surface area contributed by atoms with E-state index in [1.807, 2.05) is 24.3 Å². The van der Waals surface area contributed by atoms with E-state index in [1.165, 1.54) is 7.11 Å². The molecule has 0 spiro atoms. The highest BCUT2D eigenvalue weighted by molar-refractivity contribution is 5.97. The number of hydrogen-bond acceptors (Lipinski definition) is 4. The molecule has 6 nitrogen and oxygen atoms in total. The van der Waals surface area contributed by atoms with E-state index in [0.717, 1.165) is 11.0 Å². The van der Waals surface area contributed by atoms with E-state index in [-0.39, 0.29) is 11.6 Å². The number of pyridine rings is 1. The minimum absolute atomic E-state index is 0.234. The molecule has 2 N–H and O–H groups in total. The molecule has 6 heteroatoms. The maximum absolute atomic E-state index is 11.9. The van der Waals surface area contributed by atoms with Crippen molar-refractivity contribution in [2.75, 3.05) is 14.2 Å². The number of aromatic nitrogens is 3. The molecule has 0 bridgehead atoms. The number of hydrogen-bond donors (Lipinski definition) is 2. The van der Waals surface area contributed by atoms with E-state index < -0.39 is 0 Å². The zero-order chi connectivity index (χ0) is 14.8. The van der Waals surface area contributed by atoms with Crippen LogP contribution in [0.15, 0.2) is 36.5 Å². The molecule has 0 unspecified atom stereocenters. The Hall–Kier alpha value is -2.89. The van der Waals surface area contributed by atoms with Gasteiger partial charge in [0.1, 0.15) is 5.82 Å². The average Bonchev–Trinajstić information content (AvgIpc) is 2.97. The third-order valence-corrected chi connectivity index (χ3v) is 3.20. The number of nitrogens with zero attached hydrogens (tertiary/aromatic N) is 2. The minimum atomic E-state index is -0.301. The number of amides is 1. The first-order chi connectivity index (χ1) is 10.2. The van der Waals surface area contributed by atoms with Crippen LogP contribution >= 0.6 is 0 Å². The molecule has 0 radical (unpaired) electrons. The van der Waals surface area contributed by atoms with Crippen molar-refractivity contribution in [3.8, 4) is 17.1 Å². The van der Waals surface area contributed by atoms with Gasteiger partial charge in [-0.25, -0.2) is 9.97 Å². The van der Waals surface area contributed by atoms with E-state index in [0.29, 0.717) is 17.1 Å². The Kier molecular flexibility index (Phi) is 3.27. The zero-order valence-corrected chi connectivity index (χ0v) is 11.7. The lowest BCUT2D eigenvalue weighted by Crippen LogP contribution is -2.20. The second-order valence-corrected chi connectivity index (χ2v) is 4.42. The van der Waals surface area contributed by atoms with Gasteiger partial charge in [0.2, 0.25) is 0 Å². The second kappa shape index (κ2) is 5.24. The number of aromatic amines is 1. The monoisotopic (exact) mass is 282 g/mol. The van der Waals surface area contributed by atoms with Crippen molar-refractivity contribution >= 4 is 16.9 Å². The number of rotatable bonds is 3. The molecule has 1 aromatic carbocycles. The quantitative estimate of drug-likeness (QED) is 0.770. The van der Waals surface area contributed by atoms with E-state index in [1.54, 1.807) is 19.3 Å². The number of carbonyl (C=O) groups is 1. The highest BCUT2D eigenvalue weighted by Crippen LogP contribution is 2.31. The van der Waals surface area contributed by atoms with Gasteiger partial charge in [0.15, 0.2) is 11.4 Å². The van der Waals surface area contributed by atoms with Crippen molar-refractivity contribution in [3.05, 3.63) is 42.2 Å². The van der Waals surface area contributed by atoms with Gasteiger partial charge >= 0.3 is 0 Å². The Bertz CT molecular complexity index is 777. The molecule has 0 atom stereocenters. The number of ether oxygens (including phenoxy) is 1. The maximum atomic E-state index is 11.9. The van der Waals surface area contributed by atoms with Crippen molar-refractivity contribution in [1.29, 1.82) is 0 Å². The summed E-state index contributed by atoms with van der Waals surface area (Å²) >= 11 is 0. The van der Waals surface area contributed by atoms with Crippen LogP contribution in [-0.2, 0) is 0 Å². The molecular weight excluding hydrogens is 268 g/mol. The molecule has 0 saturated carbocycles. The number of fused-ring (bicyclic) bond motifs is 1. The molecule has 0 aliphatic rings. The third kappa shape index (κ3) is 2.20. The van der Waals surface area contributed by atoms with Crippen LogP contribution in [0.5, 0.6) is 5.75 Å². The molecule has 3 aromatic rings. The molecule has 3 rings (SSSR count). The summed E-state index contributed by atoms with van der Waals surface area (Å²) in [5.41, 5.74) is 2.71. The van der Waals surface area contributed by atoms with Crippen LogP contribution in [0.2, 0.25) is 0 Å². The second-order valence-electron chi connectivity index (χ2n) is 4.42. The first-order valence-corrected chi connectivity index (χ1v) is 6.44. The number of methoxy groups -OCH3 is 1. The van der Waals surface area contributed by atoms with Crippen molar-refractivity contribution < 1.29 is 9.53 Å². The summed E-state index contributed by atoms with van der Waals surface area (Å²) in [6.07, 6.45) is 1.57. The number of carbonyl (C=O) groups excluding carboxylic acids is 1. The predicted octanol–water partition coefficient (Wildman–Crippen LogP) is 1.99. The van der Waals surface area contributed by atoms with Gasteiger partial charge in [-0.05, 0) is 18.2 Å².